The molecule has 5 heteroatoms. The molecule has 3 aliphatic rings. The number of allylic oxidation sites excluding steroid dienone is 3. The van der Waals surface area contributed by atoms with Crippen LogP contribution in [0, 0.1) is 11.3 Å². The van der Waals surface area contributed by atoms with Crippen LogP contribution in [0.25, 0.3) is 0 Å². The first-order chi connectivity index (χ1) is 14.6. The van der Waals surface area contributed by atoms with Crippen molar-refractivity contribution in [2.24, 2.45) is 11.3 Å². The van der Waals surface area contributed by atoms with Gasteiger partial charge in [-0.3, -0.25) is 9.69 Å². The molecule has 1 aliphatic heterocycles. The van der Waals surface area contributed by atoms with Gasteiger partial charge in [0.2, 0.25) is 5.91 Å². The number of nitrogens with one attached hydrogen (secondary N) is 1. The van der Waals surface area contributed by atoms with Crippen molar-refractivity contribution in [2.75, 3.05) is 13.3 Å². The van der Waals surface area contributed by atoms with Crippen molar-refractivity contribution in [3.05, 3.63) is 24.1 Å². The van der Waals surface area contributed by atoms with Gasteiger partial charge < -0.3 is 14.8 Å². The van der Waals surface area contributed by atoms with E-state index in [0.717, 1.165) is 43.7 Å². The van der Waals surface area contributed by atoms with Gasteiger partial charge in [0.25, 0.3) is 0 Å². The van der Waals surface area contributed by atoms with E-state index in [9.17, 15) is 9.59 Å². The fourth-order valence-electron chi connectivity index (χ4n) is 5.81. The van der Waals surface area contributed by atoms with Gasteiger partial charge in [-0.25, -0.2) is 0 Å². The van der Waals surface area contributed by atoms with Crippen LogP contribution in [0.2, 0.25) is 0 Å². The number of hydrogen-bond donors (Lipinski definition) is 1. The lowest BCUT2D eigenvalue weighted by Crippen LogP contribution is -2.34. The van der Waals surface area contributed by atoms with E-state index in [4.69, 9.17) is 4.74 Å². The largest absolute Gasteiger partial charge is 0.484 e. The maximum atomic E-state index is 12.4. The minimum Gasteiger partial charge on any atom is -0.484 e. The number of rotatable bonds is 10. The maximum Gasteiger partial charge on any atom is 0.224 e. The molecule has 1 N–H and O–H groups in total. The van der Waals surface area contributed by atoms with Gasteiger partial charge in [0, 0.05) is 18.7 Å². The highest BCUT2D eigenvalue weighted by Gasteiger charge is 2.38. The van der Waals surface area contributed by atoms with Crippen molar-refractivity contribution in [3.8, 4) is 0 Å². The predicted octanol–water partition coefficient (Wildman–Crippen LogP) is 5.08. The average Bonchev–Trinajstić information content (AvgIpc) is 3.22. The highest BCUT2D eigenvalue weighted by molar-refractivity contribution is 5.77. The standard InChI is InChI=1S/C25H40N2O3/c1-21(19-30-20-27-17-9-12-23(27)18-28)26-24(29)13-8-16-25(14-6-3-7-15-25)22-10-4-2-5-11-22/h2,4,18-19,22-23H,3,5-17,20H2,1H3,(H,26,29)/b21-19-. The summed E-state index contributed by atoms with van der Waals surface area (Å²) in [4.78, 5) is 25.5. The van der Waals surface area contributed by atoms with Crippen molar-refractivity contribution in [1.29, 1.82) is 0 Å². The molecule has 1 saturated heterocycles. The van der Waals surface area contributed by atoms with Crippen LogP contribution in [-0.4, -0.2) is 36.4 Å². The van der Waals surface area contributed by atoms with Crippen LogP contribution in [0.4, 0.5) is 0 Å². The predicted molar refractivity (Wildman–Crippen MR) is 119 cm³/mol. The first kappa shape index (κ1) is 23.1. The smallest absolute Gasteiger partial charge is 0.224 e. The van der Waals surface area contributed by atoms with Crippen LogP contribution in [0.1, 0.15) is 90.4 Å². The first-order valence-electron chi connectivity index (χ1n) is 12.1. The Morgan fingerprint density at radius 1 is 1.20 bits per heavy atom. The first-order valence-corrected chi connectivity index (χ1v) is 12.1. The maximum absolute atomic E-state index is 12.4. The molecule has 2 unspecified atom stereocenters. The molecule has 2 fully saturated rings. The van der Waals surface area contributed by atoms with Crippen molar-refractivity contribution in [1.82, 2.24) is 10.2 Å². The molecule has 0 radical (unpaired) electrons. The molecule has 1 saturated carbocycles. The van der Waals surface area contributed by atoms with E-state index in [2.05, 4.69) is 17.5 Å². The van der Waals surface area contributed by atoms with Gasteiger partial charge in [-0.2, -0.15) is 0 Å². The van der Waals surface area contributed by atoms with Gasteiger partial charge in [-0.15, -0.1) is 0 Å². The molecule has 0 bridgehead atoms. The van der Waals surface area contributed by atoms with Gasteiger partial charge >= 0.3 is 0 Å². The molecule has 168 valence electrons. The molecule has 0 aromatic carbocycles. The molecule has 3 rings (SSSR count). The molecule has 5 nitrogen and oxygen atoms in total. The van der Waals surface area contributed by atoms with E-state index in [1.54, 1.807) is 6.26 Å². The van der Waals surface area contributed by atoms with Gasteiger partial charge in [0.05, 0.1) is 6.04 Å². The minimum atomic E-state index is -0.0277. The zero-order valence-corrected chi connectivity index (χ0v) is 18.7. The molecule has 0 aromatic heterocycles. The third-order valence-corrected chi connectivity index (χ3v) is 7.47. The number of likely N-dealkylation sites (tertiary alicyclic amines) is 1. The molecular weight excluding hydrogens is 376 g/mol. The number of amides is 1. The number of aldehydes is 1. The van der Waals surface area contributed by atoms with Gasteiger partial charge in [-0.1, -0.05) is 31.4 Å². The van der Waals surface area contributed by atoms with Gasteiger partial charge in [-0.05, 0) is 76.0 Å². The van der Waals surface area contributed by atoms with E-state index in [1.165, 1.54) is 57.8 Å². The second kappa shape index (κ2) is 11.7. The summed E-state index contributed by atoms with van der Waals surface area (Å²) in [6.07, 6.45) is 22.5. The van der Waals surface area contributed by atoms with Gasteiger partial charge in [0.15, 0.2) is 0 Å². The fourth-order valence-corrected chi connectivity index (χ4v) is 5.81. The van der Waals surface area contributed by atoms with Crippen LogP contribution in [0.15, 0.2) is 24.1 Å². The zero-order chi connectivity index (χ0) is 21.2. The number of ether oxygens (including phenoxy) is 1. The summed E-state index contributed by atoms with van der Waals surface area (Å²) in [6, 6.07) is -0.0277. The second-order valence-corrected chi connectivity index (χ2v) is 9.56. The van der Waals surface area contributed by atoms with E-state index in [1.807, 2.05) is 11.8 Å². The SMILES string of the molecule is C/C(=C/OCN1CCCC1C=O)NC(=O)CCCC1(C2CC=CCC2)CCCCC1. The van der Waals surface area contributed by atoms with Crippen molar-refractivity contribution in [3.63, 3.8) is 0 Å². The average molecular weight is 417 g/mol. The monoisotopic (exact) mass is 416 g/mol. The topological polar surface area (TPSA) is 58.6 Å². The quantitative estimate of drug-likeness (QED) is 0.307. The van der Waals surface area contributed by atoms with Crippen molar-refractivity contribution >= 4 is 12.2 Å². The molecule has 30 heavy (non-hydrogen) atoms. The normalized spacial score (nSPS) is 27.0. The Morgan fingerprint density at radius 3 is 2.77 bits per heavy atom. The molecule has 0 spiro atoms. The lowest BCUT2D eigenvalue weighted by molar-refractivity contribution is -0.120. The third kappa shape index (κ3) is 6.44. The lowest BCUT2D eigenvalue weighted by Gasteiger charge is -2.45. The molecule has 2 aliphatic carbocycles. The number of nitrogens with zero attached hydrogens (tertiary/aromatic N) is 1. The summed E-state index contributed by atoms with van der Waals surface area (Å²) in [5, 5.41) is 2.96. The number of carbonyl (C=O) groups excluding carboxylic acids is 2. The van der Waals surface area contributed by atoms with Crippen LogP contribution in [-0.2, 0) is 14.3 Å². The summed E-state index contributed by atoms with van der Waals surface area (Å²) in [7, 11) is 0. The van der Waals surface area contributed by atoms with Crippen LogP contribution < -0.4 is 5.32 Å². The van der Waals surface area contributed by atoms with E-state index in [-0.39, 0.29) is 11.9 Å². The summed E-state index contributed by atoms with van der Waals surface area (Å²) in [5.74, 6) is 0.885. The molecule has 2 atom stereocenters. The number of hydrogen-bond acceptors (Lipinski definition) is 4. The highest BCUT2D eigenvalue weighted by atomic mass is 16.5. The Morgan fingerprint density at radius 2 is 2.03 bits per heavy atom. The van der Waals surface area contributed by atoms with Crippen LogP contribution >= 0.6 is 0 Å². The summed E-state index contributed by atoms with van der Waals surface area (Å²) < 4.78 is 5.59. The second-order valence-electron chi connectivity index (χ2n) is 9.56. The van der Waals surface area contributed by atoms with Crippen LogP contribution in [0.3, 0.4) is 0 Å². The Labute approximate surface area is 182 Å². The Bertz CT molecular complexity index is 622. The molecular formula is C25H40N2O3. The van der Waals surface area contributed by atoms with Crippen molar-refractivity contribution in [2.45, 2.75) is 96.4 Å². The lowest BCUT2D eigenvalue weighted by atomic mass is 9.60. The summed E-state index contributed by atoms with van der Waals surface area (Å²) >= 11 is 0. The Kier molecular flexibility index (Phi) is 8.98. The van der Waals surface area contributed by atoms with E-state index >= 15 is 0 Å². The Balaban J connectivity index is 1.39. The van der Waals surface area contributed by atoms with E-state index in [0.29, 0.717) is 18.6 Å². The third-order valence-electron chi connectivity index (χ3n) is 7.47. The summed E-state index contributed by atoms with van der Waals surface area (Å²) in [6.45, 7) is 3.15. The van der Waals surface area contributed by atoms with Crippen LogP contribution in [0.5, 0.6) is 0 Å². The van der Waals surface area contributed by atoms with E-state index < -0.39 is 0 Å². The number of carbonyl (C=O) groups is 2. The summed E-state index contributed by atoms with van der Waals surface area (Å²) in [5.41, 5.74) is 1.19. The van der Waals surface area contributed by atoms with Gasteiger partial charge in [0.1, 0.15) is 19.3 Å². The zero-order valence-electron chi connectivity index (χ0n) is 18.7. The Hall–Kier alpha value is -1.62. The van der Waals surface area contributed by atoms with Crippen molar-refractivity contribution < 1.29 is 14.3 Å². The molecule has 0 aromatic rings. The molecule has 1 amide bonds. The molecule has 1 heterocycles. The highest BCUT2D eigenvalue weighted by Crippen LogP contribution is 2.50. The fraction of sp³-hybridized carbons (Fsp3) is 0.760. The minimum absolute atomic E-state index is 0.0277.